The van der Waals surface area contributed by atoms with Crippen LogP contribution in [0, 0.1) is 0 Å². The largest absolute Gasteiger partial charge is 0.394 e. The maximum absolute atomic E-state index is 12.3. The van der Waals surface area contributed by atoms with Crippen molar-refractivity contribution in [3.63, 3.8) is 0 Å². The summed E-state index contributed by atoms with van der Waals surface area (Å²) in [5.74, 6) is -0.608. The first-order valence-corrected chi connectivity index (χ1v) is 7.29. The molecule has 2 aromatic rings. The zero-order chi connectivity index (χ0) is 16.4. The van der Waals surface area contributed by atoms with Gasteiger partial charge < -0.3 is 20.3 Å². The van der Waals surface area contributed by atoms with Crippen molar-refractivity contribution >= 4 is 11.6 Å². The highest BCUT2D eigenvalue weighted by molar-refractivity contribution is 5.94. The van der Waals surface area contributed by atoms with Gasteiger partial charge in [0.1, 0.15) is 23.4 Å². The summed E-state index contributed by atoms with van der Waals surface area (Å²) in [6.45, 7) is -0.0318. The number of hydrogen-bond donors (Lipinski definition) is 3. The van der Waals surface area contributed by atoms with Crippen LogP contribution in [0.25, 0.3) is 5.65 Å². The summed E-state index contributed by atoms with van der Waals surface area (Å²) in [5, 5.41) is 21.8. The molecule has 3 heterocycles. The Labute approximate surface area is 131 Å². The van der Waals surface area contributed by atoms with Crippen molar-refractivity contribution in [2.75, 3.05) is 13.2 Å². The van der Waals surface area contributed by atoms with Crippen molar-refractivity contribution in [1.29, 1.82) is 0 Å². The molecule has 0 unspecified atom stereocenters. The normalized spacial score (nSPS) is 24.5. The lowest BCUT2D eigenvalue weighted by Crippen LogP contribution is -2.54. The van der Waals surface area contributed by atoms with E-state index in [1.807, 2.05) is 0 Å². The van der Waals surface area contributed by atoms with Gasteiger partial charge in [-0.3, -0.25) is 14.0 Å². The van der Waals surface area contributed by atoms with E-state index in [1.54, 1.807) is 18.2 Å². The minimum absolute atomic E-state index is 0.104. The molecular weight excluding hydrogens is 302 g/mol. The number of aliphatic hydroxyl groups is 2. The average Bonchev–Trinajstić information content (AvgIpc) is 2.57. The zero-order valence-corrected chi connectivity index (χ0v) is 12.3. The van der Waals surface area contributed by atoms with Crippen molar-refractivity contribution in [3.05, 3.63) is 46.5 Å². The maximum atomic E-state index is 12.3. The summed E-state index contributed by atoms with van der Waals surface area (Å²) in [4.78, 5) is 28.8. The fourth-order valence-corrected chi connectivity index (χ4v) is 2.62. The van der Waals surface area contributed by atoms with Gasteiger partial charge in [0, 0.05) is 19.0 Å². The van der Waals surface area contributed by atoms with Gasteiger partial charge in [0.2, 0.25) is 0 Å². The Hall–Kier alpha value is -2.29. The molecule has 8 nitrogen and oxygen atoms in total. The van der Waals surface area contributed by atoms with Gasteiger partial charge in [-0.05, 0) is 18.6 Å². The molecule has 1 amide bonds. The Morgan fingerprint density at radius 3 is 3.09 bits per heavy atom. The molecule has 0 aromatic carbocycles. The summed E-state index contributed by atoms with van der Waals surface area (Å²) < 4.78 is 6.49. The highest BCUT2D eigenvalue weighted by atomic mass is 16.5. The van der Waals surface area contributed by atoms with E-state index in [0.29, 0.717) is 18.7 Å². The van der Waals surface area contributed by atoms with Gasteiger partial charge in [-0.15, -0.1) is 0 Å². The topological polar surface area (TPSA) is 113 Å². The number of nitrogens with zero attached hydrogens (tertiary/aromatic N) is 2. The zero-order valence-electron chi connectivity index (χ0n) is 12.3. The van der Waals surface area contributed by atoms with E-state index in [2.05, 4.69) is 10.3 Å². The van der Waals surface area contributed by atoms with Crippen LogP contribution in [0.1, 0.15) is 16.8 Å². The lowest BCUT2D eigenvalue weighted by atomic mass is 9.99. The number of pyridine rings is 1. The molecule has 0 radical (unpaired) electrons. The molecule has 122 valence electrons. The number of aliphatic hydroxyl groups excluding tert-OH is 2. The first-order chi connectivity index (χ1) is 11.1. The van der Waals surface area contributed by atoms with Crippen LogP contribution >= 0.6 is 0 Å². The second kappa shape index (κ2) is 6.45. The molecule has 3 rings (SSSR count). The fraction of sp³-hybridized carbons (Fsp3) is 0.400. The first kappa shape index (κ1) is 15.6. The van der Waals surface area contributed by atoms with Crippen molar-refractivity contribution in [3.8, 4) is 0 Å². The molecule has 2 aromatic heterocycles. The van der Waals surface area contributed by atoms with Crippen LogP contribution in [-0.2, 0) is 4.74 Å². The van der Waals surface area contributed by atoms with Crippen LogP contribution in [0.4, 0.5) is 0 Å². The molecule has 3 N–H and O–H groups in total. The number of hydrogen-bond acceptors (Lipinski definition) is 6. The van der Waals surface area contributed by atoms with Gasteiger partial charge in [0.05, 0.1) is 12.6 Å². The second-order valence-electron chi connectivity index (χ2n) is 5.36. The van der Waals surface area contributed by atoms with E-state index in [-0.39, 0.29) is 12.2 Å². The number of rotatable bonds is 3. The molecule has 8 heteroatoms. The van der Waals surface area contributed by atoms with Crippen molar-refractivity contribution < 1.29 is 19.7 Å². The van der Waals surface area contributed by atoms with Gasteiger partial charge in [0.25, 0.3) is 11.5 Å². The van der Waals surface area contributed by atoms with Crippen LogP contribution in [-0.4, -0.2) is 57.0 Å². The molecule has 3 atom stereocenters. The van der Waals surface area contributed by atoms with E-state index in [1.165, 1.54) is 16.8 Å². The summed E-state index contributed by atoms with van der Waals surface area (Å²) in [6.07, 6.45) is 1.37. The molecule has 0 saturated carbocycles. The van der Waals surface area contributed by atoms with E-state index in [4.69, 9.17) is 9.84 Å². The molecule has 23 heavy (non-hydrogen) atoms. The average molecular weight is 319 g/mol. The van der Waals surface area contributed by atoms with Gasteiger partial charge in [-0.2, -0.15) is 0 Å². The molecule has 0 bridgehead atoms. The Morgan fingerprint density at radius 2 is 2.30 bits per heavy atom. The van der Waals surface area contributed by atoms with E-state index in [9.17, 15) is 14.7 Å². The lowest BCUT2D eigenvalue weighted by molar-refractivity contribution is -0.107. The maximum Gasteiger partial charge on any atom is 0.270 e. The number of fused-ring (bicyclic) bond motifs is 1. The Bertz CT molecular complexity index is 775. The highest BCUT2D eigenvalue weighted by Crippen LogP contribution is 2.15. The third-order valence-electron chi connectivity index (χ3n) is 3.91. The van der Waals surface area contributed by atoms with Gasteiger partial charge in [-0.1, -0.05) is 6.07 Å². The van der Waals surface area contributed by atoms with E-state index in [0.717, 1.165) is 0 Å². The van der Waals surface area contributed by atoms with Gasteiger partial charge in [0.15, 0.2) is 0 Å². The number of nitrogens with one attached hydrogen (secondary N) is 1. The molecule has 1 fully saturated rings. The first-order valence-electron chi connectivity index (χ1n) is 7.29. The second-order valence-corrected chi connectivity index (χ2v) is 5.36. The molecule has 0 aliphatic carbocycles. The molecule has 1 aliphatic heterocycles. The van der Waals surface area contributed by atoms with Crippen LogP contribution in [0.2, 0.25) is 0 Å². The summed E-state index contributed by atoms with van der Waals surface area (Å²) in [6, 6.07) is 4.49. The van der Waals surface area contributed by atoms with Crippen LogP contribution in [0.3, 0.4) is 0 Å². The summed E-state index contributed by atoms with van der Waals surface area (Å²) in [5.41, 5.74) is -0.137. The molecule has 0 spiro atoms. The summed E-state index contributed by atoms with van der Waals surface area (Å²) >= 11 is 0. The standard InChI is InChI=1S/C15H17N3O5/c19-8-11-13(20)10(4-6-23-11)17-14(21)9-7-16-12-3-1-2-5-18(12)15(9)22/h1-3,5,7,10-11,13,19-20H,4,6,8H2,(H,17,21)/t10-,11+,13-/m0/s1. The summed E-state index contributed by atoms with van der Waals surface area (Å²) in [7, 11) is 0. The molecular formula is C15H17N3O5. The smallest absolute Gasteiger partial charge is 0.270 e. The SMILES string of the molecule is O=C(N[C@H]1CCO[C@H](CO)[C@H]1O)c1cnc2ccccn2c1=O. The quantitative estimate of drug-likeness (QED) is 0.664. The van der Waals surface area contributed by atoms with Gasteiger partial charge >= 0.3 is 0 Å². The number of carbonyl (C=O) groups excluding carboxylic acids is 1. The van der Waals surface area contributed by atoms with Crippen molar-refractivity contribution in [1.82, 2.24) is 14.7 Å². The van der Waals surface area contributed by atoms with E-state index < -0.39 is 29.7 Å². The third-order valence-corrected chi connectivity index (χ3v) is 3.91. The highest BCUT2D eigenvalue weighted by Gasteiger charge is 2.33. The lowest BCUT2D eigenvalue weighted by Gasteiger charge is -2.34. The molecule has 1 aliphatic rings. The van der Waals surface area contributed by atoms with Crippen molar-refractivity contribution in [2.24, 2.45) is 0 Å². The number of ether oxygens (including phenoxy) is 1. The minimum atomic E-state index is -1.03. The van der Waals surface area contributed by atoms with Crippen molar-refractivity contribution in [2.45, 2.75) is 24.7 Å². The number of carbonyl (C=O) groups is 1. The Kier molecular flexibility index (Phi) is 4.37. The number of aromatic nitrogens is 2. The monoisotopic (exact) mass is 319 g/mol. The van der Waals surface area contributed by atoms with E-state index >= 15 is 0 Å². The minimum Gasteiger partial charge on any atom is -0.394 e. The Balaban J connectivity index is 1.83. The third kappa shape index (κ3) is 2.96. The van der Waals surface area contributed by atoms with Crippen LogP contribution in [0.5, 0.6) is 0 Å². The fourth-order valence-electron chi connectivity index (χ4n) is 2.62. The predicted octanol–water partition coefficient (Wildman–Crippen LogP) is -1.07. The molecule has 1 saturated heterocycles. The Morgan fingerprint density at radius 1 is 1.48 bits per heavy atom. The van der Waals surface area contributed by atoms with Gasteiger partial charge in [-0.25, -0.2) is 4.98 Å². The van der Waals surface area contributed by atoms with Crippen LogP contribution < -0.4 is 10.9 Å². The predicted molar refractivity (Wildman–Crippen MR) is 80.2 cm³/mol. The number of amides is 1. The van der Waals surface area contributed by atoms with Crippen LogP contribution in [0.15, 0.2) is 35.4 Å².